The molecule has 0 bridgehead atoms. The minimum Gasteiger partial charge on any atom is -0.493 e. The first kappa shape index (κ1) is 23.4. The molecular weight excluding hydrogens is 388 g/mol. The zero-order chi connectivity index (χ0) is 22.2. The number of hydrogen-bond donors (Lipinski definition) is 1. The van der Waals surface area contributed by atoms with E-state index in [1.165, 1.54) is 16.7 Å². The molecule has 170 valence electrons. The van der Waals surface area contributed by atoms with E-state index in [4.69, 9.17) is 14.2 Å². The molecule has 1 heterocycles. The van der Waals surface area contributed by atoms with Crippen molar-refractivity contribution in [2.45, 2.75) is 40.2 Å². The molecule has 1 aliphatic heterocycles. The summed E-state index contributed by atoms with van der Waals surface area (Å²) in [6.45, 7) is 14.0. The number of nitrogens with one attached hydrogen (secondary N) is 1. The van der Waals surface area contributed by atoms with Crippen LogP contribution >= 0.6 is 0 Å². The number of rotatable bonds is 11. The Morgan fingerprint density at radius 3 is 2.58 bits per heavy atom. The van der Waals surface area contributed by atoms with Crippen molar-refractivity contribution >= 4 is 0 Å². The third-order valence-corrected chi connectivity index (χ3v) is 5.81. The van der Waals surface area contributed by atoms with Gasteiger partial charge in [-0.1, -0.05) is 39.8 Å². The van der Waals surface area contributed by atoms with Gasteiger partial charge in [-0.2, -0.15) is 0 Å². The van der Waals surface area contributed by atoms with E-state index >= 15 is 0 Å². The smallest absolute Gasteiger partial charge is 0.161 e. The van der Waals surface area contributed by atoms with Crippen molar-refractivity contribution < 1.29 is 14.2 Å². The van der Waals surface area contributed by atoms with Crippen LogP contribution in [0, 0.1) is 5.92 Å². The van der Waals surface area contributed by atoms with Crippen molar-refractivity contribution in [2.24, 2.45) is 5.92 Å². The van der Waals surface area contributed by atoms with Crippen LogP contribution in [-0.2, 0) is 6.42 Å². The topological polar surface area (TPSA) is 43.0 Å². The van der Waals surface area contributed by atoms with Crippen molar-refractivity contribution in [3.05, 3.63) is 53.1 Å². The predicted molar refractivity (Wildman–Crippen MR) is 127 cm³/mol. The van der Waals surface area contributed by atoms with E-state index in [2.05, 4.69) is 68.2 Å². The molecule has 0 aromatic heterocycles. The fraction of sp³-hybridized carbons (Fsp3) is 0.538. The number of nitrogens with zero attached hydrogens (tertiary/aromatic N) is 1. The minimum absolute atomic E-state index is 0.113. The van der Waals surface area contributed by atoms with Gasteiger partial charge in [-0.3, -0.25) is 0 Å². The number of ether oxygens (including phenoxy) is 3. The van der Waals surface area contributed by atoms with E-state index in [0.717, 1.165) is 56.5 Å². The Bertz CT molecular complexity index is 833. The molecule has 5 nitrogen and oxygen atoms in total. The van der Waals surface area contributed by atoms with Crippen LogP contribution in [0.4, 0.5) is 0 Å². The predicted octanol–water partition coefficient (Wildman–Crippen LogP) is 4.69. The largest absolute Gasteiger partial charge is 0.493 e. The molecule has 0 saturated carbocycles. The Hall–Kier alpha value is -2.24. The van der Waals surface area contributed by atoms with Crippen LogP contribution < -0.4 is 19.5 Å². The lowest BCUT2D eigenvalue weighted by Crippen LogP contribution is -2.31. The molecule has 0 radical (unpaired) electrons. The van der Waals surface area contributed by atoms with Gasteiger partial charge in [-0.15, -0.1) is 0 Å². The SMILES string of the molecule is CCN(CC)CCOc1cc2c(cc1OC)CCNC2c1cccc(OCC(C)C)c1. The normalized spacial score (nSPS) is 15.8. The molecule has 5 heteroatoms. The second-order valence-corrected chi connectivity index (χ2v) is 8.49. The molecule has 31 heavy (non-hydrogen) atoms. The average Bonchev–Trinajstić information content (AvgIpc) is 2.79. The highest BCUT2D eigenvalue weighted by atomic mass is 16.5. The lowest BCUT2D eigenvalue weighted by molar-refractivity contribution is 0.217. The molecular formula is C26H38N2O3. The summed E-state index contributed by atoms with van der Waals surface area (Å²) in [6.07, 6.45) is 0.978. The highest BCUT2D eigenvalue weighted by Gasteiger charge is 2.24. The average molecular weight is 427 g/mol. The number of methoxy groups -OCH3 is 1. The van der Waals surface area contributed by atoms with Crippen LogP contribution in [0.3, 0.4) is 0 Å². The maximum Gasteiger partial charge on any atom is 0.161 e. The molecule has 0 aliphatic carbocycles. The van der Waals surface area contributed by atoms with Crippen LogP contribution in [0.5, 0.6) is 17.2 Å². The van der Waals surface area contributed by atoms with Crippen molar-refractivity contribution in [1.29, 1.82) is 0 Å². The summed E-state index contributed by atoms with van der Waals surface area (Å²) in [5, 5.41) is 3.68. The molecule has 1 atom stereocenters. The highest BCUT2D eigenvalue weighted by Crippen LogP contribution is 2.38. The Balaban J connectivity index is 1.83. The summed E-state index contributed by atoms with van der Waals surface area (Å²) in [5.41, 5.74) is 3.78. The van der Waals surface area contributed by atoms with Gasteiger partial charge in [0.25, 0.3) is 0 Å². The number of likely N-dealkylation sites (N-methyl/N-ethyl adjacent to an activating group) is 1. The number of hydrogen-bond acceptors (Lipinski definition) is 5. The van der Waals surface area contributed by atoms with Crippen molar-refractivity contribution in [3.63, 3.8) is 0 Å². The molecule has 0 fully saturated rings. The van der Waals surface area contributed by atoms with E-state index in [9.17, 15) is 0 Å². The van der Waals surface area contributed by atoms with Gasteiger partial charge in [-0.25, -0.2) is 0 Å². The second-order valence-electron chi connectivity index (χ2n) is 8.49. The van der Waals surface area contributed by atoms with Gasteiger partial charge in [0.05, 0.1) is 19.8 Å². The maximum absolute atomic E-state index is 6.18. The van der Waals surface area contributed by atoms with Crippen molar-refractivity contribution in [1.82, 2.24) is 10.2 Å². The second kappa shape index (κ2) is 11.4. The lowest BCUT2D eigenvalue weighted by atomic mass is 9.89. The van der Waals surface area contributed by atoms with Gasteiger partial charge in [-0.05, 0) is 66.4 Å². The maximum atomic E-state index is 6.18. The molecule has 2 aromatic carbocycles. The summed E-state index contributed by atoms with van der Waals surface area (Å²) in [4.78, 5) is 2.36. The van der Waals surface area contributed by atoms with Crippen LogP contribution in [0.1, 0.15) is 50.4 Å². The highest BCUT2D eigenvalue weighted by molar-refractivity contribution is 5.52. The molecule has 0 amide bonds. The Labute approximate surface area is 187 Å². The molecule has 1 N–H and O–H groups in total. The van der Waals surface area contributed by atoms with Gasteiger partial charge in [0.1, 0.15) is 12.4 Å². The standard InChI is InChI=1S/C26H38N2O3/c1-6-28(7-2)13-14-30-25-17-23-20(16-24(25)29-5)11-12-27-26(23)21-9-8-10-22(15-21)31-18-19(3)4/h8-10,15-17,19,26-27H,6-7,11-14,18H2,1-5H3. The quantitative estimate of drug-likeness (QED) is 0.565. The van der Waals surface area contributed by atoms with Gasteiger partial charge < -0.3 is 24.4 Å². The first-order valence-corrected chi connectivity index (χ1v) is 11.6. The molecule has 1 unspecified atom stereocenters. The van der Waals surface area contributed by atoms with E-state index in [1.807, 2.05) is 6.07 Å². The fourth-order valence-corrected chi connectivity index (χ4v) is 4.01. The zero-order valence-electron chi connectivity index (χ0n) is 19.7. The van der Waals surface area contributed by atoms with Crippen molar-refractivity contribution in [2.75, 3.05) is 46.5 Å². The summed E-state index contributed by atoms with van der Waals surface area (Å²) in [7, 11) is 1.72. The van der Waals surface area contributed by atoms with Crippen LogP contribution in [0.2, 0.25) is 0 Å². The molecule has 2 aromatic rings. The first-order chi connectivity index (χ1) is 15.0. The van der Waals surface area contributed by atoms with Gasteiger partial charge >= 0.3 is 0 Å². The Morgan fingerprint density at radius 2 is 1.87 bits per heavy atom. The van der Waals surface area contributed by atoms with E-state index in [-0.39, 0.29) is 6.04 Å². The summed E-state index contributed by atoms with van der Waals surface area (Å²) in [6, 6.07) is 12.9. The molecule has 0 spiro atoms. The minimum atomic E-state index is 0.113. The third kappa shape index (κ3) is 6.14. The van der Waals surface area contributed by atoms with E-state index in [1.54, 1.807) is 7.11 Å². The first-order valence-electron chi connectivity index (χ1n) is 11.6. The molecule has 0 saturated heterocycles. The Kier molecular flexibility index (Phi) is 8.61. The monoisotopic (exact) mass is 426 g/mol. The summed E-state index contributed by atoms with van der Waals surface area (Å²) < 4.78 is 17.8. The summed E-state index contributed by atoms with van der Waals surface area (Å²) in [5.74, 6) is 3.05. The zero-order valence-corrected chi connectivity index (χ0v) is 19.7. The Morgan fingerprint density at radius 1 is 1.06 bits per heavy atom. The molecule has 3 rings (SSSR count). The fourth-order valence-electron chi connectivity index (χ4n) is 4.01. The van der Waals surface area contributed by atoms with Crippen molar-refractivity contribution in [3.8, 4) is 17.2 Å². The number of benzene rings is 2. The van der Waals surface area contributed by atoms with Crippen LogP contribution in [0.15, 0.2) is 36.4 Å². The van der Waals surface area contributed by atoms with Gasteiger partial charge in [0, 0.05) is 13.1 Å². The van der Waals surface area contributed by atoms with Crippen LogP contribution in [0.25, 0.3) is 0 Å². The summed E-state index contributed by atoms with van der Waals surface area (Å²) >= 11 is 0. The molecule has 1 aliphatic rings. The van der Waals surface area contributed by atoms with Gasteiger partial charge in [0.15, 0.2) is 11.5 Å². The number of fused-ring (bicyclic) bond motifs is 1. The van der Waals surface area contributed by atoms with E-state index < -0.39 is 0 Å². The third-order valence-electron chi connectivity index (χ3n) is 5.81. The van der Waals surface area contributed by atoms with Gasteiger partial charge in [0.2, 0.25) is 0 Å². The lowest BCUT2D eigenvalue weighted by Gasteiger charge is -2.29. The van der Waals surface area contributed by atoms with E-state index in [0.29, 0.717) is 12.5 Å². The van der Waals surface area contributed by atoms with Crippen LogP contribution in [-0.4, -0.2) is 51.4 Å².